The Labute approximate surface area is 139 Å². The molecule has 1 amide bonds. The van der Waals surface area contributed by atoms with E-state index in [-0.39, 0.29) is 10.8 Å². The van der Waals surface area contributed by atoms with E-state index in [0.29, 0.717) is 31.7 Å². The Morgan fingerprint density at radius 3 is 2.39 bits per heavy atom. The van der Waals surface area contributed by atoms with Crippen molar-refractivity contribution in [3.05, 3.63) is 29.8 Å². The Morgan fingerprint density at radius 2 is 1.78 bits per heavy atom. The second kappa shape index (κ2) is 9.64. The first kappa shape index (κ1) is 19.6. The molecular formula is C16H27N3O3S. The first-order valence-corrected chi connectivity index (χ1v) is 9.50. The number of nitrogens with zero attached hydrogens (tertiary/aromatic N) is 1. The van der Waals surface area contributed by atoms with Gasteiger partial charge in [0.2, 0.25) is 10.0 Å². The highest BCUT2D eigenvalue weighted by Crippen LogP contribution is 2.16. The summed E-state index contributed by atoms with van der Waals surface area (Å²) in [5.74, 6) is -0.264. The van der Waals surface area contributed by atoms with Crippen LogP contribution >= 0.6 is 0 Å². The van der Waals surface area contributed by atoms with E-state index < -0.39 is 10.0 Å². The quantitative estimate of drug-likeness (QED) is 0.631. The molecule has 130 valence electrons. The fraction of sp³-hybridized carbons (Fsp3) is 0.562. The fourth-order valence-corrected chi connectivity index (χ4v) is 3.68. The third-order valence-corrected chi connectivity index (χ3v) is 5.50. The Balaban J connectivity index is 2.78. The van der Waals surface area contributed by atoms with Crippen LogP contribution in [0.1, 0.15) is 37.6 Å². The first-order chi connectivity index (χ1) is 11.0. The van der Waals surface area contributed by atoms with E-state index in [4.69, 9.17) is 0 Å². The maximum absolute atomic E-state index is 12.5. The lowest BCUT2D eigenvalue weighted by Gasteiger charge is -2.18. The lowest BCUT2D eigenvalue weighted by Crippen LogP contribution is -2.33. The van der Waals surface area contributed by atoms with Crippen LogP contribution < -0.4 is 10.6 Å². The van der Waals surface area contributed by atoms with Crippen LogP contribution in [0.5, 0.6) is 0 Å². The first-order valence-electron chi connectivity index (χ1n) is 8.06. The number of hydrogen-bond acceptors (Lipinski definition) is 4. The van der Waals surface area contributed by atoms with Gasteiger partial charge in [-0.25, -0.2) is 8.42 Å². The molecular weight excluding hydrogens is 314 g/mol. The van der Waals surface area contributed by atoms with E-state index in [0.717, 1.165) is 13.0 Å². The molecule has 6 nitrogen and oxygen atoms in total. The summed E-state index contributed by atoms with van der Waals surface area (Å²) in [5.41, 5.74) is 0.355. The van der Waals surface area contributed by atoms with Crippen LogP contribution in [0, 0.1) is 0 Å². The van der Waals surface area contributed by atoms with Gasteiger partial charge in [-0.1, -0.05) is 26.8 Å². The minimum Gasteiger partial charge on any atom is -0.351 e. The normalized spacial score (nSPS) is 11.7. The van der Waals surface area contributed by atoms with Gasteiger partial charge in [0.1, 0.15) is 0 Å². The standard InChI is InChI=1S/C16H27N3O3S/c1-4-10-17-11-12-18-16(20)14-8-7-9-15(13-14)23(21,22)19(5-2)6-3/h7-9,13,17H,4-6,10-12H2,1-3H3,(H,18,20). The molecule has 0 radical (unpaired) electrons. The summed E-state index contributed by atoms with van der Waals surface area (Å²) in [6, 6.07) is 6.17. The van der Waals surface area contributed by atoms with Crippen molar-refractivity contribution < 1.29 is 13.2 Å². The Morgan fingerprint density at radius 1 is 1.09 bits per heavy atom. The molecule has 0 spiro atoms. The molecule has 0 fully saturated rings. The summed E-state index contributed by atoms with van der Waals surface area (Å²) in [6.07, 6.45) is 1.04. The minimum absolute atomic E-state index is 0.151. The molecule has 0 unspecified atom stereocenters. The number of benzene rings is 1. The van der Waals surface area contributed by atoms with Crippen LogP contribution in [0.15, 0.2) is 29.2 Å². The molecule has 0 saturated heterocycles. The van der Waals surface area contributed by atoms with Gasteiger partial charge in [-0.15, -0.1) is 0 Å². The van der Waals surface area contributed by atoms with Crippen molar-refractivity contribution in [2.45, 2.75) is 32.1 Å². The SMILES string of the molecule is CCCNCCNC(=O)c1cccc(S(=O)(=O)N(CC)CC)c1. The highest BCUT2D eigenvalue weighted by Gasteiger charge is 2.22. The van der Waals surface area contributed by atoms with E-state index in [1.807, 2.05) is 0 Å². The van der Waals surface area contributed by atoms with E-state index in [1.165, 1.54) is 16.4 Å². The molecule has 23 heavy (non-hydrogen) atoms. The van der Waals surface area contributed by atoms with Gasteiger partial charge >= 0.3 is 0 Å². The highest BCUT2D eigenvalue weighted by atomic mass is 32.2. The van der Waals surface area contributed by atoms with Gasteiger partial charge in [-0.05, 0) is 31.2 Å². The van der Waals surface area contributed by atoms with E-state index in [9.17, 15) is 13.2 Å². The summed E-state index contributed by atoms with van der Waals surface area (Å²) in [6.45, 7) is 8.57. The molecule has 1 aromatic rings. The van der Waals surface area contributed by atoms with Crippen LogP contribution in [0.2, 0.25) is 0 Å². The lowest BCUT2D eigenvalue weighted by molar-refractivity contribution is 0.0953. The maximum atomic E-state index is 12.5. The van der Waals surface area contributed by atoms with Crippen molar-refractivity contribution in [2.75, 3.05) is 32.7 Å². The summed E-state index contributed by atoms with van der Waals surface area (Å²) in [4.78, 5) is 12.3. The van der Waals surface area contributed by atoms with Gasteiger partial charge in [0.25, 0.3) is 5.91 Å². The third-order valence-electron chi connectivity index (χ3n) is 3.45. The zero-order chi connectivity index (χ0) is 17.3. The smallest absolute Gasteiger partial charge is 0.251 e. The Bertz CT molecular complexity index is 598. The predicted octanol–water partition coefficient (Wildman–Crippen LogP) is 1.45. The molecule has 0 aromatic heterocycles. The van der Waals surface area contributed by atoms with Crippen LogP contribution in [-0.4, -0.2) is 51.4 Å². The number of hydrogen-bond donors (Lipinski definition) is 2. The molecule has 2 N–H and O–H groups in total. The van der Waals surface area contributed by atoms with Gasteiger partial charge in [-0.3, -0.25) is 4.79 Å². The summed E-state index contributed by atoms with van der Waals surface area (Å²) >= 11 is 0. The number of carbonyl (C=O) groups is 1. The summed E-state index contributed by atoms with van der Waals surface area (Å²) in [7, 11) is -3.55. The van der Waals surface area contributed by atoms with E-state index >= 15 is 0 Å². The number of nitrogens with one attached hydrogen (secondary N) is 2. The van der Waals surface area contributed by atoms with Crippen molar-refractivity contribution in [2.24, 2.45) is 0 Å². The summed E-state index contributed by atoms with van der Waals surface area (Å²) in [5, 5.41) is 5.97. The minimum atomic E-state index is -3.55. The average molecular weight is 341 g/mol. The lowest BCUT2D eigenvalue weighted by atomic mass is 10.2. The molecule has 0 heterocycles. The number of amides is 1. The van der Waals surface area contributed by atoms with E-state index in [2.05, 4.69) is 17.6 Å². The molecule has 0 saturated carbocycles. The second-order valence-corrected chi connectivity index (χ2v) is 7.06. The number of sulfonamides is 1. The molecule has 0 aliphatic heterocycles. The van der Waals surface area contributed by atoms with E-state index in [1.54, 1.807) is 26.0 Å². The maximum Gasteiger partial charge on any atom is 0.251 e. The molecule has 0 aliphatic rings. The van der Waals surface area contributed by atoms with Gasteiger partial charge in [-0.2, -0.15) is 4.31 Å². The van der Waals surface area contributed by atoms with Crippen molar-refractivity contribution in [3.63, 3.8) is 0 Å². The van der Waals surface area contributed by atoms with Gasteiger partial charge in [0, 0.05) is 31.7 Å². The molecule has 1 aromatic carbocycles. The van der Waals surface area contributed by atoms with Crippen molar-refractivity contribution in [1.29, 1.82) is 0 Å². The largest absolute Gasteiger partial charge is 0.351 e. The molecule has 0 aliphatic carbocycles. The monoisotopic (exact) mass is 341 g/mol. The zero-order valence-corrected chi connectivity index (χ0v) is 14.9. The molecule has 1 rings (SSSR count). The van der Waals surface area contributed by atoms with Crippen LogP contribution in [-0.2, 0) is 10.0 Å². The molecule has 0 atom stereocenters. The third kappa shape index (κ3) is 5.60. The van der Waals surface area contributed by atoms with Gasteiger partial charge in [0.05, 0.1) is 4.90 Å². The number of carbonyl (C=O) groups excluding carboxylic acids is 1. The van der Waals surface area contributed by atoms with Crippen molar-refractivity contribution >= 4 is 15.9 Å². The summed E-state index contributed by atoms with van der Waals surface area (Å²) < 4.78 is 26.3. The average Bonchev–Trinajstić information content (AvgIpc) is 2.55. The van der Waals surface area contributed by atoms with Crippen LogP contribution in [0.25, 0.3) is 0 Å². The second-order valence-electron chi connectivity index (χ2n) is 5.12. The van der Waals surface area contributed by atoms with Gasteiger partial charge in [0.15, 0.2) is 0 Å². The zero-order valence-electron chi connectivity index (χ0n) is 14.1. The highest BCUT2D eigenvalue weighted by molar-refractivity contribution is 7.89. The Hall–Kier alpha value is -1.44. The van der Waals surface area contributed by atoms with Gasteiger partial charge < -0.3 is 10.6 Å². The predicted molar refractivity (Wildman–Crippen MR) is 92.0 cm³/mol. The molecule has 7 heteroatoms. The number of rotatable bonds is 10. The van der Waals surface area contributed by atoms with Crippen LogP contribution in [0.3, 0.4) is 0 Å². The van der Waals surface area contributed by atoms with Crippen molar-refractivity contribution in [1.82, 2.24) is 14.9 Å². The topological polar surface area (TPSA) is 78.5 Å². The van der Waals surface area contributed by atoms with Crippen LogP contribution in [0.4, 0.5) is 0 Å². The fourth-order valence-electron chi connectivity index (χ4n) is 2.18. The van der Waals surface area contributed by atoms with Crippen molar-refractivity contribution in [3.8, 4) is 0 Å². The Kier molecular flexibility index (Phi) is 8.22. The molecule has 0 bridgehead atoms.